The number of nitrogens with zero attached hydrogens (tertiary/aromatic N) is 1. The molecule has 1 aromatic carbocycles. The van der Waals surface area contributed by atoms with Crippen LogP contribution in [0.3, 0.4) is 0 Å². The largest absolute Gasteiger partial charge is 0.380 e. The molecule has 1 aliphatic carbocycles. The van der Waals surface area contributed by atoms with Gasteiger partial charge >= 0.3 is 0 Å². The van der Waals surface area contributed by atoms with Crippen LogP contribution in [0.2, 0.25) is 0 Å². The second-order valence-corrected chi connectivity index (χ2v) is 4.57. The van der Waals surface area contributed by atoms with E-state index in [2.05, 4.69) is 5.32 Å². The summed E-state index contributed by atoms with van der Waals surface area (Å²) in [6.45, 7) is 0. The Morgan fingerprint density at radius 3 is 2.88 bits per heavy atom. The molecule has 0 aromatic heterocycles. The van der Waals surface area contributed by atoms with Crippen LogP contribution in [0.1, 0.15) is 31.2 Å². The topological polar surface area (TPSA) is 61.8 Å². The summed E-state index contributed by atoms with van der Waals surface area (Å²) in [5.41, 5.74) is 6.69. The zero-order chi connectivity index (χ0) is 12.3. The average Bonchev–Trinajstić information content (AvgIpc) is 2.32. The highest BCUT2D eigenvalue weighted by Gasteiger charge is 2.19. The Labute approximate surface area is 100 Å². The second-order valence-electron chi connectivity index (χ2n) is 4.57. The molecule has 2 rings (SSSR count). The van der Waals surface area contributed by atoms with Gasteiger partial charge < -0.3 is 11.1 Å². The van der Waals surface area contributed by atoms with Crippen LogP contribution in [0.5, 0.6) is 0 Å². The summed E-state index contributed by atoms with van der Waals surface area (Å²) < 4.78 is 13.6. The molecule has 0 spiro atoms. The Balaban J connectivity index is 2.06. The first kappa shape index (κ1) is 11.9. The lowest BCUT2D eigenvalue weighted by Crippen LogP contribution is -2.35. The molecule has 17 heavy (non-hydrogen) atoms. The van der Waals surface area contributed by atoms with E-state index < -0.39 is 0 Å². The fourth-order valence-corrected chi connectivity index (χ4v) is 2.28. The molecule has 2 unspecified atom stereocenters. The molecule has 0 radical (unpaired) electrons. The first-order valence-electron chi connectivity index (χ1n) is 5.91. The van der Waals surface area contributed by atoms with Crippen LogP contribution in [-0.2, 0) is 0 Å². The number of nitriles is 1. The summed E-state index contributed by atoms with van der Waals surface area (Å²) in [5.74, 6) is -0.372. The second kappa shape index (κ2) is 5.15. The third-order valence-electron chi connectivity index (χ3n) is 3.17. The number of hydrogen-bond acceptors (Lipinski definition) is 3. The fraction of sp³-hybridized carbons (Fsp3) is 0.462. The molecule has 1 fully saturated rings. The average molecular weight is 233 g/mol. The number of benzene rings is 1. The van der Waals surface area contributed by atoms with Crippen LogP contribution in [0.15, 0.2) is 18.2 Å². The highest BCUT2D eigenvalue weighted by atomic mass is 19.1. The molecule has 0 aliphatic heterocycles. The summed E-state index contributed by atoms with van der Waals surface area (Å²) in [5, 5.41) is 11.8. The Morgan fingerprint density at radius 1 is 1.41 bits per heavy atom. The van der Waals surface area contributed by atoms with E-state index in [0.29, 0.717) is 11.3 Å². The van der Waals surface area contributed by atoms with Gasteiger partial charge in [0.25, 0.3) is 0 Å². The summed E-state index contributed by atoms with van der Waals surface area (Å²) >= 11 is 0. The van der Waals surface area contributed by atoms with Gasteiger partial charge in [-0.3, -0.25) is 0 Å². The molecule has 0 saturated heterocycles. The molecule has 0 amide bonds. The summed E-state index contributed by atoms with van der Waals surface area (Å²) in [6, 6.07) is 6.86. The maximum Gasteiger partial charge on any atom is 0.147 e. The molecule has 1 aliphatic rings. The molecule has 90 valence electrons. The van der Waals surface area contributed by atoms with Gasteiger partial charge in [0.2, 0.25) is 0 Å². The van der Waals surface area contributed by atoms with E-state index in [9.17, 15) is 4.39 Å². The minimum atomic E-state index is -0.372. The lowest BCUT2D eigenvalue weighted by Gasteiger charge is -2.28. The molecule has 3 nitrogen and oxygen atoms in total. The first-order chi connectivity index (χ1) is 8.19. The van der Waals surface area contributed by atoms with Gasteiger partial charge in [-0.05, 0) is 43.9 Å². The predicted octanol–water partition coefficient (Wildman–Crippen LogP) is 2.38. The highest BCUT2D eigenvalue weighted by Crippen LogP contribution is 2.23. The molecule has 3 N–H and O–H groups in total. The van der Waals surface area contributed by atoms with Gasteiger partial charge in [0.15, 0.2) is 0 Å². The zero-order valence-corrected chi connectivity index (χ0v) is 9.62. The van der Waals surface area contributed by atoms with Crippen molar-refractivity contribution in [1.82, 2.24) is 0 Å². The lowest BCUT2D eigenvalue weighted by molar-refractivity contribution is 0.408. The van der Waals surface area contributed by atoms with E-state index in [1.165, 1.54) is 6.07 Å². The van der Waals surface area contributed by atoms with Crippen molar-refractivity contribution < 1.29 is 4.39 Å². The van der Waals surface area contributed by atoms with E-state index in [1.54, 1.807) is 12.1 Å². The highest BCUT2D eigenvalue weighted by molar-refractivity contribution is 5.49. The number of rotatable bonds is 2. The molecule has 0 bridgehead atoms. The van der Waals surface area contributed by atoms with E-state index in [-0.39, 0.29) is 17.9 Å². The maximum absolute atomic E-state index is 13.6. The molecule has 1 saturated carbocycles. The third kappa shape index (κ3) is 2.95. The van der Waals surface area contributed by atoms with Crippen molar-refractivity contribution >= 4 is 5.69 Å². The van der Waals surface area contributed by atoms with Crippen molar-refractivity contribution in [3.05, 3.63) is 29.6 Å². The van der Waals surface area contributed by atoms with Crippen LogP contribution in [-0.4, -0.2) is 12.1 Å². The molecular weight excluding hydrogens is 217 g/mol. The van der Waals surface area contributed by atoms with E-state index in [0.717, 1.165) is 25.7 Å². The van der Waals surface area contributed by atoms with Crippen molar-refractivity contribution in [2.75, 3.05) is 5.32 Å². The van der Waals surface area contributed by atoms with Gasteiger partial charge in [0.05, 0.1) is 17.3 Å². The normalized spacial score (nSPS) is 24.1. The van der Waals surface area contributed by atoms with E-state index >= 15 is 0 Å². The fourth-order valence-electron chi connectivity index (χ4n) is 2.28. The number of halogens is 1. The molecule has 0 heterocycles. The van der Waals surface area contributed by atoms with Gasteiger partial charge in [0, 0.05) is 12.1 Å². The van der Waals surface area contributed by atoms with Crippen molar-refractivity contribution in [3.8, 4) is 6.07 Å². The number of nitrogens with one attached hydrogen (secondary N) is 1. The zero-order valence-electron chi connectivity index (χ0n) is 9.62. The molecule has 1 aromatic rings. The van der Waals surface area contributed by atoms with Crippen LogP contribution in [0, 0.1) is 17.1 Å². The minimum Gasteiger partial charge on any atom is -0.380 e. The number of hydrogen-bond donors (Lipinski definition) is 2. The van der Waals surface area contributed by atoms with Crippen molar-refractivity contribution in [3.63, 3.8) is 0 Å². The van der Waals surface area contributed by atoms with Crippen molar-refractivity contribution in [2.45, 2.75) is 37.8 Å². The van der Waals surface area contributed by atoms with Gasteiger partial charge in [-0.1, -0.05) is 0 Å². The van der Waals surface area contributed by atoms with Gasteiger partial charge in [-0.15, -0.1) is 0 Å². The number of anilines is 1. The van der Waals surface area contributed by atoms with Crippen molar-refractivity contribution in [2.24, 2.45) is 5.73 Å². The maximum atomic E-state index is 13.6. The predicted molar refractivity (Wildman–Crippen MR) is 65.0 cm³/mol. The Bertz CT molecular complexity index is 439. The first-order valence-corrected chi connectivity index (χ1v) is 5.91. The third-order valence-corrected chi connectivity index (χ3v) is 3.17. The smallest absolute Gasteiger partial charge is 0.147 e. The lowest BCUT2D eigenvalue weighted by atomic mass is 9.91. The number of nitrogens with two attached hydrogens (primary N) is 1. The molecule has 2 atom stereocenters. The minimum absolute atomic E-state index is 0.211. The van der Waals surface area contributed by atoms with Gasteiger partial charge in [-0.25, -0.2) is 4.39 Å². The standard InChI is InChI=1S/C13H16FN3/c14-12-6-9(8-15)4-5-13(12)17-11-3-1-2-10(16)7-11/h4-6,10-11,17H,1-3,7,16H2. The van der Waals surface area contributed by atoms with E-state index in [4.69, 9.17) is 11.0 Å². The van der Waals surface area contributed by atoms with Crippen LogP contribution < -0.4 is 11.1 Å². The monoisotopic (exact) mass is 233 g/mol. The quantitative estimate of drug-likeness (QED) is 0.824. The Morgan fingerprint density at radius 2 is 2.24 bits per heavy atom. The Hall–Kier alpha value is -1.60. The van der Waals surface area contributed by atoms with Crippen LogP contribution in [0.4, 0.5) is 10.1 Å². The summed E-state index contributed by atoms with van der Waals surface area (Å²) in [4.78, 5) is 0. The summed E-state index contributed by atoms with van der Waals surface area (Å²) in [6.07, 6.45) is 4.03. The SMILES string of the molecule is N#Cc1ccc(NC2CCCC(N)C2)c(F)c1. The Kier molecular flexibility index (Phi) is 3.60. The van der Waals surface area contributed by atoms with E-state index in [1.807, 2.05) is 6.07 Å². The molecular formula is C13H16FN3. The van der Waals surface area contributed by atoms with Gasteiger partial charge in [0.1, 0.15) is 5.82 Å². The van der Waals surface area contributed by atoms with Crippen LogP contribution in [0.25, 0.3) is 0 Å². The molecule has 4 heteroatoms. The van der Waals surface area contributed by atoms with Crippen molar-refractivity contribution in [1.29, 1.82) is 5.26 Å². The summed E-state index contributed by atoms with van der Waals surface area (Å²) in [7, 11) is 0. The van der Waals surface area contributed by atoms with Crippen LogP contribution >= 0.6 is 0 Å². The van der Waals surface area contributed by atoms with Gasteiger partial charge in [-0.2, -0.15) is 5.26 Å².